The van der Waals surface area contributed by atoms with Crippen LogP contribution >= 0.6 is 0 Å². The number of ether oxygens (including phenoxy) is 3. The molecule has 1 aromatic rings. The third kappa shape index (κ3) is 4.74. The normalized spacial score (nSPS) is 11.8. The molecule has 20 heavy (non-hydrogen) atoms. The quantitative estimate of drug-likeness (QED) is 0.737. The monoisotopic (exact) mass is 281 g/mol. The van der Waals surface area contributed by atoms with Crippen molar-refractivity contribution >= 4 is 5.97 Å². The van der Waals surface area contributed by atoms with Crippen LogP contribution in [0.5, 0.6) is 11.5 Å². The minimum absolute atomic E-state index is 0.328. The molecule has 2 N–H and O–H groups in total. The van der Waals surface area contributed by atoms with E-state index >= 15 is 0 Å². The van der Waals surface area contributed by atoms with Gasteiger partial charge in [-0.25, -0.2) is 0 Å². The molecule has 0 bridgehead atoms. The zero-order valence-corrected chi connectivity index (χ0v) is 12.3. The van der Waals surface area contributed by atoms with E-state index in [1.54, 1.807) is 6.92 Å². The second-order valence-corrected chi connectivity index (χ2v) is 4.20. The highest BCUT2D eigenvalue weighted by Crippen LogP contribution is 2.26. The van der Waals surface area contributed by atoms with Crippen LogP contribution in [0.4, 0.5) is 0 Å². The fourth-order valence-electron chi connectivity index (χ4n) is 1.82. The van der Waals surface area contributed by atoms with Gasteiger partial charge < -0.3 is 19.9 Å². The minimum atomic E-state index is -0.688. The fourth-order valence-corrected chi connectivity index (χ4v) is 1.82. The molecule has 0 aliphatic carbocycles. The summed E-state index contributed by atoms with van der Waals surface area (Å²) < 4.78 is 15.9. The lowest BCUT2D eigenvalue weighted by atomic mass is 10.1. The van der Waals surface area contributed by atoms with Gasteiger partial charge in [-0.15, -0.1) is 0 Å². The van der Waals surface area contributed by atoms with Gasteiger partial charge in [0.25, 0.3) is 0 Å². The zero-order chi connectivity index (χ0) is 15.0. The van der Waals surface area contributed by atoms with Gasteiger partial charge in [-0.3, -0.25) is 4.79 Å². The van der Waals surface area contributed by atoms with Gasteiger partial charge in [-0.2, -0.15) is 0 Å². The van der Waals surface area contributed by atoms with Crippen molar-refractivity contribution in [2.75, 3.05) is 19.8 Å². The highest BCUT2D eigenvalue weighted by atomic mass is 16.5. The summed E-state index contributed by atoms with van der Waals surface area (Å²) in [5.74, 6) is 1.03. The van der Waals surface area contributed by atoms with Crippen molar-refractivity contribution in [3.05, 3.63) is 23.8 Å². The molecule has 5 nitrogen and oxygen atoms in total. The second kappa shape index (κ2) is 8.43. The second-order valence-electron chi connectivity index (χ2n) is 4.20. The van der Waals surface area contributed by atoms with Gasteiger partial charge in [0.1, 0.15) is 17.5 Å². The molecular formula is C15H23NO4. The van der Waals surface area contributed by atoms with E-state index in [9.17, 15) is 4.79 Å². The molecule has 0 aliphatic rings. The summed E-state index contributed by atoms with van der Waals surface area (Å²) in [6.45, 7) is 7.04. The highest BCUT2D eigenvalue weighted by molar-refractivity contribution is 5.76. The van der Waals surface area contributed by atoms with Crippen LogP contribution in [0, 0.1) is 0 Å². The first-order valence-corrected chi connectivity index (χ1v) is 6.93. The molecule has 0 radical (unpaired) electrons. The van der Waals surface area contributed by atoms with E-state index in [4.69, 9.17) is 19.9 Å². The summed E-state index contributed by atoms with van der Waals surface area (Å²) in [5, 5.41) is 0. The first kappa shape index (κ1) is 16.3. The molecule has 1 atom stereocenters. The van der Waals surface area contributed by atoms with Crippen molar-refractivity contribution in [3.8, 4) is 11.5 Å². The van der Waals surface area contributed by atoms with E-state index in [2.05, 4.69) is 0 Å². The number of benzene rings is 1. The molecule has 0 heterocycles. The molecule has 1 unspecified atom stereocenters. The van der Waals surface area contributed by atoms with E-state index < -0.39 is 12.0 Å². The fraction of sp³-hybridized carbons (Fsp3) is 0.533. The van der Waals surface area contributed by atoms with Gasteiger partial charge in [0.2, 0.25) is 0 Å². The van der Waals surface area contributed by atoms with Crippen molar-refractivity contribution in [2.24, 2.45) is 5.73 Å². The summed E-state index contributed by atoms with van der Waals surface area (Å²) in [6.07, 6.45) is 0.376. The Labute approximate surface area is 120 Å². The Kier molecular flexibility index (Phi) is 6.87. The predicted octanol–water partition coefficient (Wildman–Crippen LogP) is 1.92. The van der Waals surface area contributed by atoms with E-state index in [-0.39, 0.29) is 0 Å². The van der Waals surface area contributed by atoms with Gasteiger partial charge in [0.05, 0.1) is 19.8 Å². The Balaban J connectivity index is 2.84. The van der Waals surface area contributed by atoms with Crippen LogP contribution in [0.2, 0.25) is 0 Å². The number of hydrogen-bond acceptors (Lipinski definition) is 5. The number of carbonyl (C=O) groups excluding carboxylic acids is 1. The van der Waals surface area contributed by atoms with Gasteiger partial charge in [-0.05, 0) is 32.4 Å². The van der Waals surface area contributed by atoms with Crippen LogP contribution in [-0.4, -0.2) is 31.8 Å². The number of nitrogens with two attached hydrogens (primary N) is 1. The maximum absolute atomic E-state index is 11.6. The van der Waals surface area contributed by atoms with Crippen LogP contribution < -0.4 is 15.2 Å². The summed E-state index contributed by atoms with van der Waals surface area (Å²) >= 11 is 0. The van der Waals surface area contributed by atoms with Gasteiger partial charge in [0.15, 0.2) is 0 Å². The molecule has 0 aromatic heterocycles. The molecule has 0 spiro atoms. The number of rotatable bonds is 8. The van der Waals surface area contributed by atoms with Gasteiger partial charge in [-0.1, -0.05) is 6.07 Å². The third-order valence-corrected chi connectivity index (χ3v) is 2.68. The van der Waals surface area contributed by atoms with E-state index in [0.29, 0.717) is 32.0 Å². The Bertz CT molecular complexity index is 434. The number of carbonyl (C=O) groups is 1. The standard InChI is InChI=1S/C15H23NO4/c1-4-18-12-8-7-11(14(10-12)19-5-2)9-13(16)15(17)20-6-3/h7-8,10,13H,4-6,9,16H2,1-3H3. The van der Waals surface area contributed by atoms with Crippen LogP contribution in [-0.2, 0) is 16.0 Å². The SMILES string of the molecule is CCOC(=O)C(N)Cc1ccc(OCC)cc1OCC. The lowest BCUT2D eigenvalue weighted by Crippen LogP contribution is -2.34. The smallest absolute Gasteiger partial charge is 0.323 e. The van der Waals surface area contributed by atoms with E-state index in [1.165, 1.54) is 0 Å². The van der Waals surface area contributed by atoms with E-state index in [0.717, 1.165) is 11.3 Å². The maximum atomic E-state index is 11.6. The van der Waals surface area contributed by atoms with Gasteiger partial charge in [0, 0.05) is 12.5 Å². The Morgan fingerprint density at radius 1 is 1.15 bits per heavy atom. The summed E-state index contributed by atoms with van der Waals surface area (Å²) in [5.41, 5.74) is 6.71. The Morgan fingerprint density at radius 3 is 2.45 bits per heavy atom. The molecule has 0 fully saturated rings. The van der Waals surface area contributed by atoms with Crippen molar-refractivity contribution in [2.45, 2.75) is 33.2 Å². The molecule has 0 amide bonds. The van der Waals surface area contributed by atoms with Gasteiger partial charge >= 0.3 is 5.97 Å². The van der Waals surface area contributed by atoms with Crippen molar-refractivity contribution < 1.29 is 19.0 Å². The van der Waals surface area contributed by atoms with Crippen LogP contribution in [0.3, 0.4) is 0 Å². The highest BCUT2D eigenvalue weighted by Gasteiger charge is 2.17. The molecule has 0 aliphatic heterocycles. The van der Waals surface area contributed by atoms with Crippen LogP contribution in [0.25, 0.3) is 0 Å². The average Bonchev–Trinajstić information content (AvgIpc) is 2.42. The van der Waals surface area contributed by atoms with Crippen molar-refractivity contribution in [1.82, 2.24) is 0 Å². The molecule has 5 heteroatoms. The molecule has 112 valence electrons. The molecule has 0 saturated carbocycles. The molecule has 1 aromatic carbocycles. The van der Waals surface area contributed by atoms with Crippen LogP contribution in [0.15, 0.2) is 18.2 Å². The molecular weight excluding hydrogens is 258 g/mol. The average molecular weight is 281 g/mol. The molecule has 0 saturated heterocycles. The summed E-state index contributed by atoms with van der Waals surface area (Å²) in [7, 11) is 0. The Morgan fingerprint density at radius 2 is 1.85 bits per heavy atom. The van der Waals surface area contributed by atoms with E-state index in [1.807, 2.05) is 32.0 Å². The predicted molar refractivity (Wildman–Crippen MR) is 77.1 cm³/mol. The minimum Gasteiger partial charge on any atom is -0.494 e. The lowest BCUT2D eigenvalue weighted by molar-refractivity contribution is -0.144. The first-order chi connectivity index (χ1) is 9.62. The maximum Gasteiger partial charge on any atom is 0.323 e. The molecule has 1 rings (SSSR count). The largest absolute Gasteiger partial charge is 0.494 e. The summed E-state index contributed by atoms with van der Waals surface area (Å²) in [6, 6.07) is 4.85. The first-order valence-electron chi connectivity index (χ1n) is 6.93. The van der Waals surface area contributed by atoms with Crippen molar-refractivity contribution in [3.63, 3.8) is 0 Å². The number of hydrogen-bond donors (Lipinski definition) is 1. The summed E-state index contributed by atoms with van der Waals surface area (Å²) in [4.78, 5) is 11.6. The number of esters is 1. The lowest BCUT2D eigenvalue weighted by Gasteiger charge is -2.15. The topological polar surface area (TPSA) is 70.8 Å². The Hall–Kier alpha value is -1.75. The van der Waals surface area contributed by atoms with Crippen molar-refractivity contribution in [1.29, 1.82) is 0 Å². The van der Waals surface area contributed by atoms with Crippen LogP contribution in [0.1, 0.15) is 26.3 Å². The third-order valence-electron chi connectivity index (χ3n) is 2.68. The zero-order valence-electron chi connectivity index (χ0n) is 12.3.